The van der Waals surface area contributed by atoms with Gasteiger partial charge in [-0.1, -0.05) is 73.3 Å². The predicted octanol–water partition coefficient (Wildman–Crippen LogP) is 6.09. The molecule has 0 saturated carbocycles. The molecule has 0 spiro atoms. The fourth-order valence-electron chi connectivity index (χ4n) is 4.95. The van der Waals surface area contributed by atoms with E-state index in [1.165, 1.54) is 17.2 Å². The zero-order valence-electron chi connectivity index (χ0n) is 23.7. The lowest BCUT2D eigenvalue weighted by Crippen LogP contribution is -2.23. The molecule has 0 aliphatic heterocycles. The Kier molecular flexibility index (Phi) is 8.22. The molecule has 0 atom stereocenters. The second-order valence-corrected chi connectivity index (χ2v) is 10.4. The van der Waals surface area contributed by atoms with E-state index in [1.807, 2.05) is 42.5 Å². The first-order valence-electron chi connectivity index (χ1n) is 13.7. The van der Waals surface area contributed by atoms with Gasteiger partial charge in [-0.25, -0.2) is 4.98 Å². The van der Waals surface area contributed by atoms with Crippen LogP contribution < -0.4 is 10.5 Å². The first-order valence-corrected chi connectivity index (χ1v) is 13.7. The second kappa shape index (κ2) is 12.1. The van der Waals surface area contributed by atoms with Crippen LogP contribution in [-0.2, 0) is 24.8 Å². The smallest absolute Gasteiger partial charge is 0.259 e. The number of anilines is 1. The first-order chi connectivity index (χ1) is 19.8. The van der Waals surface area contributed by atoms with Gasteiger partial charge in [-0.15, -0.1) is 0 Å². The topological polar surface area (TPSA) is 58.4 Å². The van der Waals surface area contributed by atoms with E-state index in [1.54, 1.807) is 29.8 Å². The van der Waals surface area contributed by atoms with Crippen LogP contribution in [0.4, 0.5) is 5.69 Å². The van der Waals surface area contributed by atoms with Gasteiger partial charge in [0.25, 0.3) is 5.56 Å². The molecule has 0 aliphatic rings. The molecular weight excluding hydrogens is 508 g/mol. The Labute approximate surface area is 240 Å². The zero-order chi connectivity index (χ0) is 28.9. The number of aromatic nitrogens is 2. The van der Waals surface area contributed by atoms with Crippen molar-refractivity contribution in [2.24, 2.45) is 7.05 Å². The summed E-state index contributed by atoms with van der Waals surface area (Å²) in [5.41, 5.74) is 7.77. The van der Waals surface area contributed by atoms with Gasteiger partial charge in [0.1, 0.15) is 0 Å². The van der Waals surface area contributed by atoms with Gasteiger partial charge < -0.3 is 14.4 Å². The van der Waals surface area contributed by atoms with Gasteiger partial charge in [-0.05, 0) is 60.5 Å². The number of fused-ring (bicyclic) bond motifs is 1. The third kappa shape index (κ3) is 6.18. The summed E-state index contributed by atoms with van der Waals surface area (Å²) in [6.45, 7) is 5.28. The van der Waals surface area contributed by atoms with E-state index >= 15 is 0 Å². The standard InChI is InChI=1S/C35H34N4O2/c1-5-33(40)39(4)29-17-13-25(14-18-29)19-21-37(2)24-26-11-15-28(16-12-26)34-30(27-9-7-6-8-10-27)23-31-32(36-34)20-22-38(3)35(31)41/h5-18,20,22-23H,1,19,21,24H2,2-4H3. The molecule has 5 aromatic rings. The summed E-state index contributed by atoms with van der Waals surface area (Å²) < 4.78 is 1.59. The molecule has 6 heteroatoms. The van der Waals surface area contributed by atoms with E-state index in [-0.39, 0.29) is 11.5 Å². The lowest BCUT2D eigenvalue weighted by atomic mass is 9.97. The number of benzene rings is 3. The van der Waals surface area contributed by atoms with Crippen molar-refractivity contribution in [3.8, 4) is 22.4 Å². The van der Waals surface area contributed by atoms with E-state index in [0.29, 0.717) is 10.9 Å². The van der Waals surface area contributed by atoms with Crippen LogP contribution in [0.15, 0.2) is 115 Å². The van der Waals surface area contributed by atoms with Crippen LogP contribution in [-0.4, -0.2) is 41.0 Å². The first kappa shape index (κ1) is 27.7. The number of rotatable bonds is 9. The number of aryl methyl sites for hydroxylation is 1. The highest BCUT2D eigenvalue weighted by molar-refractivity contribution is 6.00. The van der Waals surface area contributed by atoms with Crippen molar-refractivity contribution in [3.63, 3.8) is 0 Å². The number of carbonyl (C=O) groups is 1. The summed E-state index contributed by atoms with van der Waals surface area (Å²) in [7, 11) is 5.63. The Morgan fingerprint density at radius 1 is 0.902 bits per heavy atom. The number of likely N-dealkylation sites (N-methyl/N-ethyl adjacent to an activating group) is 2. The molecule has 0 unspecified atom stereocenters. The van der Waals surface area contributed by atoms with Crippen LogP contribution in [0.5, 0.6) is 0 Å². The van der Waals surface area contributed by atoms with Gasteiger partial charge in [0, 0.05) is 50.2 Å². The van der Waals surface area contributed by atoms with E-state index in [9.17, 15) is 9.59 Å². The molecule has 0 N–H and O–H groups in total. The summed E-state index contributed by atoms with van der Waals surface area (Å²) in [6.07, 6.45) is 3.99. The molecule has 0 fully saturated rings. The number of hydrogen-bond donors (Lipinski definition) is 0. The van der Waals surface area contributed by atoms with Gasteiger partial charge in [0.2, 0.25) is 5.91 Å². The Morgan fingerprint density at radius 2 is 1.59 bits per heavy atom. The summed E-state index contributed by atoms with van der Waals surface area (Å²) in [4.78, 5) is 33.5. The molecule has 5 rings (SSSR count). The van der Waals surface area contributed by atoms with Gasteiger partial charge in [-0.3, -0.25) is 9.59 Å². The van der Waals surface area contributed by atoms with Crippen LogP contribution in [0.1, 0.15) is 11.1 Å². The molecule has 6 nitrogen and oxygen atoms in total. The Hall–Kier alpha value is -4.81. The fraction of sp³-hybridized carbons (Fsp3) is 0.171. The van der Waals surface area contributed by atoms with Crippen molar-refractivity contribution in [1.29, 1.82) is 0 Å². The van der Waals surface area contributed by atoms with Crippen LogP contribution in [0, 0.1) is 0 Å². The van der Waals surface area contributed by atoms with Crippen molar-refractivity contribution in [2.75, 3.05) is 25.5 Å². The maximum atomic E-state index is 12.8. The Bertz CT molecular complexity index is 1740. The SMILES string of the molecule is C=CC(=O)N(C)c1ccc(CCN(C)Cc2ccc(-c3nc4ccn(C)c(=O)c4cc3-c3ccccc3)cc2)cc1. The van der Waals surface area contributed by atoms with Crippen molar-refractivity contribution in [3.05, 3.63) is 131 Å². The minimum Gasteiger partial charge on any atom is -0.318 e. The molecule has 0 bridgehead atoms. The largest absolute Gasteiger partial charge is 0.318 e. The lowest BCUT2D eigenvalue weighted by Gasteiger charge is -2.18. The third-order valence-electron chi connectivity index (χ3n) is 7.43. The zero-order valence-corrected chi connectivity index (χ0v) is 23.7. The Morgan fingerprint density at radius 3 is 2.27 bits per heavy atom. The molecule has 41 heavy (non-hydrogen) atoms. The van der Waals surface area contributed by atoms with Gasteiger partial charge in [-0.2, -0.15) is 0 Å². The van der Waals surface area contributed by atoms with Crippen molar-refractivity contribution in [1.82, 2.24) is 14.5 Å². The van der Waals surface area contributed by atoms with Gasteiger partial charge in [0.05, 0.1) is 16.6 Å². The van der Waals surface area contributed by atoms with E-state index in [0.717, 1.165) is 47.6 Å². The number of hydrogen-bond acceptors (Lipinski definition) is 4. The van der Waals surface area contributed by atoms with Crippen LogP contribution >= 0.6 is 0 Å². The van der Waals surface area contributed by atoms with Gasteiger partial charge >= 0.3 is 0 Å². The molecule has 0 radical (unpaired) electrons. The minimum atomic E-state index is -0.123. The quantitative estimate of drug-likeness (QED) is 0.212. The Balaban J connectivity index is 1.31. The summed E-state index contributed by atoms with van der Waals surface area (Å²) in [5.74, 6) is -0.123. The van der Waals surface area contributed by atoms with Crippen LogP contribution in [0.3, 0.4) is 0 Å². The highest BCUT2D eigenvalue weighted by Gasteiger charge is 2.14. The summed E-state index contributed by atoms with van der Waals surface area (Å²) in [6, 6.07) is 30.6. The van der Waals surface area contributed by atoms with Crippen molar-refractivity contribution >= 4 is 22.5 Å². The molecule has 0 aliphatic carbocycles. The lowest BCUT2D eigenvalue weighted by molar-refractivity contribution is -0.113. The summed E-state index contributed by atoms with van der Waals surface area (Å²) >= 11 is 0. The molecule has 3 aromatic carbocycles. The van der Waals surface area contributed by atoms with E-state index < -0.39 is 0 Å². The molecule has 1 amide bonds. The van der Waals surface area contributed by atoms with Gasteiger partial charge in [0.15, 0.2) is 0 Å². The highest BCUT2D eigenvalue weighted by Crippen LogP contribution is 2.33. The van der Waals surface area contributed by atoms with Crippen LogP contribution in [0.25, 0.3) is 33.3 Å². The summed E-state index contributed by atoms with van der Waals surface area (Å²) in [5, 5.41) is 0.614. The maximum absolute atomic E-state index is 12.8. The number of pyridine rings is 2. The number of amides is 1. The van der Waals surface area contributed by atoms with Crippen molar-refractivity contribution < 1.29 is 4.79 Å². The second-order valence-electron chi connectivity index (χ2n) is 10.4. The highest BCUT2D eigenvalue weighted by atomic mass is 16.2. The molecule has 2 aromatic heterocycles. The average Bonchev–Trinajstić information content (AvgIpc) is 3.01. The average molecular weight is 543 g/mol. The van der Waals surface area contributed by atoms with Crippen molar-refractivity contribution in [2.45, 2.75) is 13.0 Å². The fourth-order valence-corrected chi connectivity index (χ4v) is 4.95. The minimum absolute atomic E-state index is 0.0526. The number of carbonyl (C=O) groups excluding carboxylic acids is 1. The van der Waals surface area contributed by atoms with Crippen LogP contribution in [0.2, 0.25) is 0 Å². The normalized spacial score (nSPS) is 11.1. The molecule has 0 saturated heterocycles. The molecule has 206 valence electrons. The number of nitrogens with zero attached hydrogens (tertiary/aromatic N) is 4. The molecule has 2 heterocycles. The molecular formula is C35H34N4O2. The maximum Gasteiger partial charge on any atom is 0.259 e. The predicted molar refractivity (Wildman–Crippen MR) is 168 cm³/mol. The third-order valence-corrected chi connectivity index (χ3v) is 7.43. The van der Waals surface area contributed by atoms with E-state index in [4.69, 9.17) is 4.98 Å². The van der Waals surface area contributed by atoms with E-state index in [2.05, 4.69) is 67.1 Å². The monoisotopic (exact) mass is 542 g/mol.